The van der Waals surface area contributed by atoms with E-state index < -0.39 is 0 Å². The van der Waals surface area contributed by atoms with Crippen molar-refractivity contribution in [3.63, 3.8) is 0 Å². The molecule has 1 aromatic carbocycles. The summed E-state index contributed by atoms with van der Waals surface area (Å²) in [5.41, 5.74) is 3.46. The highest BCUT2D eigenvalue weighted by molar-refractivity contribution is 5.87. The van der Waals surface area contributed by atoms with E-state index in [1.807, 2.05) is 18.2 Å². The second-order valence-corrected chi connectivity index (χ2v) is 17.8. The molecule has 45 heavy (non-hydrogen) atoms. The van der Waals surface area contributed by atoms with Gasteiger partial charge in [-0.3, -0.25) is 0 Å². The Labute approximate surface area is 274 Å². The highest BCUT2D eigenvalue weighted by Gasteiger charge is 2.82. The molecule has 5 saturated carbocycles. The van der Waals surface area contributed by atoms with Gasteiger partial charge in [-0.05, 0) is 133 Å². The number of carbonyl (C=O) groups excluding carboxylic acids is 1. The zero-order valence-electron chi connectivity index (χ0n) is 29.7. The normalized spacial score (nSPS) is 40.3. The maximum absolute atomic E-state index is 13.1. The van der Waals surface area contributed by atoms with Gasteiger partial charge in [-0.25, -0.2) is 4.79 Å². The minimum Gasteiger partial charge on any atom is -0.496 e. The fourth-order valence-electron chi connectivity index (χ4n) is 12.9. The largest absolute Gasteiger partial charge is 0.496 e. The van der Waals surface area contributed by atoms with Gasteiger partial charge in [0.2, 0.25) is 0 Å². The number of aliphatic hydroxyl groups excluding tert-OH is 1. The summed E-state index contributed by atoms with van der Waals surface area (Å²) in [6.07, 6.45) is 19.5. The van der Waals surface area contributed by atoms with Crippen molar-refractivity contribution >= 4 is 12.0 Å². The summed E-state index contributed by atoms with van der Waals surface area (Å²) in [5, 5.41) is 9.67. The second kappa shape index (κ2) is 11.7. The molecule has 5 fully saturated rings. The van der Waals surface area contributed by atoms with Crippen molar-refractivity contribution in [2.24, 2.45) is 56.7 Å². The van der Waals surface area contributed by atoms with Crippen LogP contribution >= 0.6 is 0 Å². The fraction of sp³-hybridized carbons (Fsp3) is 0.780. The van der Waals surface area contributed by atoms with E-state index in [-0.39, 0.29) is 24.1 Å². The zero-order valence-corrected chi connectivity index (χ0v) is 29.7. The van der Waals surface area contributed by atoms with Crippen molar-refractivity contribution in [2.75, 3.05) is 7.11 Å². The first-order valence-corrected chi connectivity index (χ1v) is 18.4. The molecule has 250 valence electrons. The molecular weight excluding hydrogens is 556 g/mol. The maximum atomic E-state index is 13.1. The molecule has 0 saturated heterocycles. The third kappa shape index (κ3) is 5.05. The maximum Gasteiger partial charge on any atom is 0.331 e. The lowest BCUT2D eigenvalue weighted by molar-refractivity contribution is -0.179. The van der Waals surface area contributed by atoms with Gasteiger partial charge in [-0.15, -0.1) is 0 Å². The standard InChI is InChI=1S/C41H62O4/c1-27(2)10-9-11-28(3)31-18-20-39(7)34-16-15-33-37(4,5)35(19-21-40(33)26-41(34,40)23-22-38(31,39)6)45-36(43)17-13-29-12-14-32(44-8)30(24-29)25-42/h12-14,17,24,27-28,31,33-35,42H,9-11,15-16,18-23,25-26H2,1-8H3/b17-13+. The lowest BCUT2D eigenvalue weighted by Crippen LogP contribution is -2.58. The molecule has 9 atom stereocenters. The van der Waals surface area contributed by atoms with Crippen LogP contribution in [-0.4, -0.2) is 24.3 Å². The summed E-state index contributed by atoms with van der Waals surface area (Å²) in [6.45, 7) is 17.5. The minimum atomic E-state index is -0.259. The number of fused-ring (bicyclic) bond motifs is 2. The van der Waals surface area contributed by atoms with Crippen molar-refractivity contribution in [1.82, 2.24) is 0 Å². The molecule has 6 rings (SSSR count). The van der Waals surface area contributed by atoms with E-state index in [1.54, 1.807) is 19.3 Å². The SMILES string of the molecule is COc1ccc(/C=C/C(=O)OC2CCC34CC35CCC3(C)C(C(C)CCCC(C)C)CCC3(C)C5CCC4C2(C)C)cc1CO. The van der Waals surface area contributed by atoms with Crippen LogP contribution in [0.25, 0.3) is 6.08 Å². The molecule has 0 amide bonds. The van der Waals surface area contributed by atoms with E-state index in [0.717, 1.165) is 35.7 Å². The van der Waals surface area contributed by atoms with Crippen molar-refractivity contribution in [1.29, 1.82) is 0 Å². The summed E-state index contributed by atoms with van der Waals surface area (Å²) >= 11 is 0. The number of aliphatic hydroxyl groups is 1. The van der Waals surface area contributed by atoms with Crippen LogP contribution in [0.1, 0.15) is 137 Å². The third-order valence-electron chi connectivity index (χ3n) is 15.4. The predicted octanol–water partition coefficient (Wildman–Crippen LogP) is 10.0. The molecule has 1 N–H and O–H groups in total. The Hall–Kier alpha value is -1.81. The first-order chi connectivity index (χ1) is 21.3. The first-order valence-electron chi connectivity index (χ1n) is 18.4. The molecule has 0 heterocycles. The number of hydrogen-bond donors (Lipinski definition) is 1. The van der Waals surface area contributed by atoms with Gasteiger partial charge in [0.25, 0.3) is 0 Å². The number of carbonyl (C=O) groups is 1. The molecule has 5 aliphatic rings. The monoisotopic (exact) mass is 618 g/mol. The van der Waals surface area contributed by atoms with Gasteiger partial charge in [0.1, 0.15) is 11.9 Å². The van der Waals surface area contributed by atoms with Crippen LogP contribution in [0.2, 0.25) is 0 Å². The molecule has 9 unspecified atom stereocenters. The molecule has 2 spiro atoms. The van der Waals surface area contributed by atoms with Crippen LogP contribution in [0.5, 0.6) is 5.75 Å². The van der Waals surface area contributed by atoms with Crippen molar-refractivity contribution in [3.05, 3.63) is 35.4 Å². The number of benzene rings is 1. The number of hydrogen-bond acceptors (Lipinski definition) is 4. The third-order valence-corrected chi connectivity index (χ3v) is 15.4. The second-order valence-electron chi connectivity index (χ2n) is 17.8. The Bertz CT molecular complexity index is 1300. The molecule has 0 aliphatic heterocycles. The summed E-state index contributed by atoms with van der Waals surface area (Å²) in [6, 6.07) is 5.59. The average molecular weight is 619 g/mol. The smallest absolute Gasteiger partial charge is 0.331 e. The molecule has 0 aromatic heterocycles. The van der Waals surface area contributed by atoms with Crippen molar-refractivity contribution in [3.8, 4) is 5.75 Å². The summed E-state index contributed by atoms with van der Waals surface area (Å²) in [5.74, 6) is 4.42. The number of esters is 1. The van der Waals surface area contributed by atoms with Crippen LogP contribution in [0.15, 0.2) is 24.3 Å². The van der Waals surface area contributed by atoms with Gasteiger partial charge in [0.05, 0.1) is 13.7 Å². The Balaban J connectivity index is 1.14. The molecule has 5 aliphatic carbocycles. The van der Waals surface area contributed by atoms with Gasteiger partial charge < -0.3 is 14.6 Å². The summed E-state index contributed by atoms with van der Waals surface area (Å²) in [7, 11) is 1.60. The Kier molecular flexibility index (Phi) is 8.61. The van der Waals surface area contributed by atoms with E-state index in [2.05, 4.69) is 48.5 Å². The van der Waals surface area contributed by atoms with E-state index >= 15 is 0 Å². The van der Waals surface area contributed by atoms with Crippen LogP contribution in [-0.2, 0) is 16.1 Å². The van der Waals surface area contributed by atoms with E-state index in [4.69, 9.17) is 9.47 Å². The van der Waals surface area contributed by atoms with Crippen LogP contribution in [0.4, 0.5) is 0 Å². The van der Waals surface area contributed by atoms with Crippen LogP contribution in [0.3, 0.4) is 0 Å². The summed E-state index contributed by atoms with van der Waals surface area (Å²) in [4.78, 5) is 13.1. The van der Waals surface area contributed by atoms with Gasteiger partial charge in [-0.1, -0.05) is 73.8 Å². The highest BCUT2D eigenvalue weighted by atomic mass is 16.5. The zero-order chi connectivity index (χ0) is 32.4. The average Bonchev–Trinajstić information content (AvgIpc) is 3.58. The predicted molar refractivity (Wildman–Crippen MR) is 183 cm³/mol. The Morgan fingerprint density at radius 2 is 1.67 bits per heavy atom. The van der Waals surface area contributed by atoms with E-state index in [9.17, 15) is 9.90 Å². The molecular formula is C41H62O4. The molecule has 4 heteroatoms. The quantitative estimate of drug-likeness (QED) is 0.209. The van der Waals surface area contributed by atoms with Crippen LogP contribution in [0, 0.1) is 56.7 Å². The minimum absolute atomic E-state index is 0.0226. The Morgan fingerprint density at radius 3 is 2.38 bits per heavy atom. The topological polar surface area (TPSA) is 55.8 Å². The molecule has 4 nitrogen and oxygen atoms in total. The van der Waals surface area contributed by atoms with Gasteiger partial charge in [0, 0.05) is 17.1 Å². The lowest BCUT2D eigenvalue weighted by atomic mass is 9.41. The Morgan fingerprint density at radius 1 is 0.933 bits per heavy atom. The van der Waals surface area contributed by atoms with Crippen molar-refractivity contribution < 1.29 is 19.4 Å². The highest BCUT2D eigenvalue weighted by Crippen LogP contribution is 2.89. The van der Waals surface area contributed by atoms with E-state index in [0.29, 0.717) is 38.9 Å². The van der Waals surface area contributed by atoms with Crippen molar-refractivity contribution in [2.45, 2.75) is 138 Å². The van der Waals surface area contributed by atoms with Gasteiger partial charge in [0.15, 0.2) is 0 Å². The summed E-state index contributed by atoms with van der Waals surface area (Å²) < 4.78 is 11.6. The number of rotatable bonds is 10. The molecule has 1 aromatic rings. The van der Waals surface area contributed by atoms with E-state index in [1.165, 1.54) is 70.6 Å². The van der Waals surface area contributed by atoms with Gasteiger partial charge in [-0.2, -0.15) is 0 Å². The number of methoxy groups -OCH3 is 1. The molecule has 0 radical (unpaired) electrons. The lowest BCUT2D eigenvalue weighted by Gasteiger charge is -2.63. The number of ether oxygens (including phenoxy) is 2. The van der Waals surface area contributed by atoms with Crippen LogP contribution < -0.4 is 4.74 Å². The van der Waals surface area contributed by atoms with Gasteiger partial charge >= 0.3 is 5.97 Å². The molecule has 0 bridgehead atoms. The first kappa shape index (κ1) is 33.1. The fourth-order valence-corrected chi connectivity index (χ4v) is 12.9.